The van der Waals surface area contributed by atoms with Gasteiger partial charge in [0.2, 0.25) is 0 Å². The SMILES string of the molecule is COc1cccc(OCC(=O)NC2CCCNC2)c1. The topological polar surface area (TPSA) is 59.6 Å². The first-order chi connectivity index (χ1) is 9.28. The highest BCUT2D eigenvalue weighted by atomic mass is 16.5. The van der Waals surface area contributed by atoms with Gasteiger partial charge in [-0.05, 0) is 31.5 Å². The van der Waals surface area contributed by atoms with Crippen molar-refractivity contribution in [2.45, 2.75) is 18.9 Å². The highest BCUT2D eigenvalue weighted by molar-refractivity contribution is 5.77. The normalized spacial score (nSPS) is 18.7. The number of methoxy groups -OCH3 is 1. The van der Waals surface area contributed by atoms with Crippen molar-refractivity contribution in [3.8, 4) is 11.5 Å². The maximum Gasteiger partial charge on any atom is 0.258 e. The number of ether oxygens (including phenoxy) is 2. The second-order valence-corrected chi connectivity index (χ2v) is 4.58. The molecule has 1 aliphatic rings. The molecule has 1 aliphatic heterocycles. The molecule has 1 fully saturated rings. The molecule has 2 rings (SSSR count). The summed E-state index contributed by atoms with van der Waals surface area (Å²) >= 11 is 0. The van der Waals surface area contributed by atoms with Crippen molar-refractivity contribution in [3.63, 3.8) is 0 Å². The van der Waals surface area contributed by atoms with Crippen LogP contribution in [0.3, 0.4) is 0 Å². The van der Waals surface area contributed by atoms with E-state index in [0.29, 0.717) is 5.75 Å². The molecular weight excluding hydrogens is 244 g/mol. The monoisotopic (exact) mass is 264 g/mol. The van der Waals surface area contributed by atoms with Gasteiger partial charge < -0.3 is 20.1 Å². The van der Waals surface area contributed by atoms with Gasteiger partial charge in [-0.1, -0.05) is 6.07 Å². The lowest BCUT2D eigenvalue weighted by Gasteiger charge is -2.23. The fourth-order valence-electron chi connectivity index (χ4n) is 2.08. The zero-order valence-corrected chi connectivity index (χ0v) is 11.1. The van der Waals surface area contributed by atoms with E-state index in [0.717, 1.165) is 31.7 Å². The first-order valence-corrected chi connectivity index (χ1v) is 6.55. The van der Waals surface area contributed by atoms with Crippen LogP contribution in [-0.4, -0.2) is 38.8 Å². The molecule has 0 saturated carbocycles. The minimum absolute atomic E-state index is 0.0314. The first-order valence-electron chi connectivity index (χ1n) is 6.55. The summed E-state index contributed by atoms with van der Waals surface area (Å²) in [5, 5.41) is 6.22. The fourth-order valence-corrected chi connectivity index (χ4v) is 2.08. The summed E-state index contributed by atoms with van der Waals surface area (Å²) in [6.07, 6.45) is 2.12. The van der Waals surface area contributed by atoms with Gasteiger partial charge >= 0.3 is 0 Å². The largest absolute Gasteiger partial charge is 0.497 e. The van der Waals surface area contributed by atoms with Crippen molar-refractivity contribution in [2.24, 2.45) is 0 Å². The van der Waals surface area contributed by atoms with Crippen LogP contribution in [0.1, 0.15) is 12.8 Å². The van der Waals surface area contributed by atoms with Gasteiger partial charge in [0.25, 0.3) is 5.91 Å². The molecular formula is C14H20N2O3. The standard InChI is InChI=1S/C14H20N2O3/c1-18-12-5-2-6-13(8-12)19-10-14(17)16-11-4-3-7-15-9-11/h2,5-6,8,11,15H,3-4,7,9-10H2,1H3,(H,16,17). The third-order valence-corrected chi connectivity index (χ3v) is 3.07. The van der Waals surface area contributed by atoms with Crippen molar-refractivity contribution >= 4 is 5.91 Å². The summed E-state index contributed by atoms with van der Waals surface area (Å²) in [4.78, 5) is 11.7. The molecule has 19 heavy (non-hydrogen) atoms. The maximum absolute atomic E-state index is 11.7. The number of carbonyl (C=O) groups is 1. The summed E-state index contributed by atoms with van der Waals surface area (Å²) in [6, 6.07) is 7.45. The van der Waals surface area contributed by atoms with E-state index in [9.17, 15) is 4.79 Å². The zero-order valence-electron chi connectivity index (χ0n) is 11.1. The zero-order chi connectivity index (χ0) is 13.5. The van der Waals surface area contributed by atoms with Gasteiger partial charge in [0, 0.05) is 18.7 Å². The molecule has 0 spiro atoms. The van der Waals surface area contributed by atoms with Gasteiger partial charge in [0.1, 0.15) is 11.5 Å². The van der Waals surface area contributed by atoms with Crippen molar-refractivity contribution in [3.05, 3.63) is 24.3 Å². The molecule has 1 unspecified atom stereocenters. The van der Waals surface area contributed by atoms with Gasteiger partial charge in [-0.3, -0.25) is 4.79 Å². The number of carbonyl (C=O) groups excluding carboxylic acids is 1. The van der Waals surface area contributed by atoms with Gasteiger partial charge in [0.15, 0.2) is 6.61 Å². The van der Waals surface area contributed by atoms with E-state index in [2.05, 4.69) is 10.6 Å². The minimum Gasteiger partial charge on any atom is -0.497 e. The third kappa shape index (κ3) is 4.44. The van der Waals surface area contributed by atoms with Crippen molar-refractivity contribution < 1.29 is 14.3 Å². The molecule has 1 aromatic rings. The van der Waals surface area contributed by atoms with Crippen molar-refractivity contribution in [1.82, 2.24) is 10.6 Å². The van der Waals surface area contributed by atoms with Crippen molar-refractivity contribution in [1.29, 1.82) is 0 Å². The summed E-state index contributed by atoms with van der Waals surface area (Å²) in [5.74, 6) is 1.27. The van der Waals surface area contributed by atoms with E-state index >= 15 is 0 Å². The quantitative estimate of drug-likeness (QED) is 0.831. The second kappa shape index (κ2) is 6.99. The summed E-state index contributed by atoms with van der Waals surface area (Å²) in [6.45, 7) is 1.90. The Kier molecular flexibility index (Phi) is 5.03. The van der Waals surface area contributed by atoms with E-state index in [1.54, 1.807) is 19.2 Å². The highest BCUT2D eigenvalue weighted by Crippen LogP contribution is 2.18. The molecule has 104 valence electrons. The summed E-state index contributed by atoms with van der Waals surface area (Å²) in [7, 11) is 1.60. The number of hydrogen-bond donors (Lipinski definition) is 2. The first kappa shape index (κ1) is 13.7. The van der Waals surface area contributed by atoms with E-state index in [1.807, 2.05) is 12.1 Å². The Bertz CT molecular complexity index is 417. The average Bonchev–Trinajstić information content (AvgIpc) is 2.46. The number of benzene rings is 1. The van der Waals surface area contributed by atoms with E-state index in [-0.39, 0.29) is 18.6 Å². The van der Waals surface area contributed by atoms with Gasteiger partial charge in [-0.2, -0.15) is 0 Å². The van der Waals surface area contributed by atoms with Crippen LogP contribution in [0, 0.1) is 0 Å². The summed E-state index contributed by atoms with van der Waals surface area (Å²) in [5.41, 5.74) is 0. The van der Waals surface area contributed by atoms with Crippen molar-refractivity contribution in [2.75, 3.05) is 26.8 Å². The molecule has 0 bridgehead atoms. The van der Waals surface area contributed by atoms with E-state index in [1.165, 1.54) is 0 Å². The summed E-state index contributed by atoms with van der Waals surface area (Å²) < 4.78 is 10.5. The van der Waals surface area contributed by atoms with Crippen LogP contribution in [0.4, 0.5) is 0 Å². The Balaban J connectivity index is 1.76. The lowest BCUT2D eigenvalue weighted by molar-refractivity contribution is -0.123. The van der Waals surface area contributed by atoms with Crippen LogP contribution in [0.15, 0.2) is 24.3 Å². The Hall–Kier alpha value is -1.75. The van der Waals surface area contributed by atoms with Crippen LogP contribution in [0.2, 0.25) is 0 Å². The molecule has 1 saturated heterocycles. The number of nitrogens with one attached hydrogen (secondary N) is 2. The Morgan fingerprint density at radius 2 is 2.32 bits per heavy atom. The van der Waals surface area contributed by atoms with Crippen LogP contribution < -0.4 is 20.1 Å². The predicted molar refractivity (Wildman–Crippen MR) is 72.5 cm³/mol. The molecule has 0 aliphatic carbocycles. The van der Waals surface area contributed by atoms with Crippen LogP contribution >= 0.6 is 0 Å². The molecule has 1 aromatic carbocycles. The lowest BCUT2D eigenvalue weighted by Crippen LogP contribution is -2.46. The number of amides is 1. The molecule has 1 heterocycles. The number of rotatable bonds is 5. The number of piperidine rings is 1. The lowest BCUT2D eigenvalue weighted by atomic mass is 10.1. The maximum atomic E-state index is 11.7. The molecule has 0 aromatic heterocycles. The molecule has 5 heteroatoms. The van der Waals surface area contributed by atoms with E-state index in [4.69, 9.17) is 9.47 Å². The Morgan fingerprint density at radius 1 is 1.47 bits per heavy atom. The van der Waals surface area contributed by atoms with Crippen LogP contribution in [-0.2, 0) is 4.79 Å². The molecule has 2 N–H and O–H groups in total. The molecule has 5 nitrogen and oxygen atoms in total. The third-order valence-electron chi connectivity index (χ3n) is 3.07. The van der Waals surface area contributed by atoms with Gasteiger partial charge in [-0.25, -0.2) is 0 Å². The van der Waals surface area contributed by atoms with Crippen LogP contribution in [0.5, 0.6) is 11.5 Å². The highest BCUT2D eigenvalue weighted by Gasteiger charge is 2.15. The fraction of sp³-hybridized carbons (Fsp3) is 0.500. The van der Waals surface area contributed by atoms with Gasteiger partial charge in [0.05, 0.1) is 7.11 Å². The average molecular weight is 264 g/mol. The Labute approximate surface area is 113 Å². The minimum atomic E-state index is -0.0866. The molecule has 0 radical (unpaired) electrons. The molecule has 1 amide bonds. The molecule has 1 atom stereocenters. The second-order valence-electron chi connectivity index (χ2n) is 4.58. The van der Waals surface area contributed by atoms with Crippen LogP contribution in [0.25, 0.3) is 0 Å². The van der Waals surface area contributed by atoms with E-state index < -0.39 is 0 Å². The Morgan fingerprint density at radius 3 is 3.05 bits per heavy atom. The predicted octanol–water partition coefficient (Wildman–Crippen LogP) is 0.942. The smallest absolute Gasteiger partial charge is 0.258 e. The number of hydrogen-bond acceptors (Lipinski definition) is 4. The van der Waals surface area contributed by atoms with Gasteiger partial charge in [-0.15, -0.1) is 0 Å².